The molecule has 20 heavy (non-hydrogen) atoms. The predicted octanol–water partition coefficient (Wildman–Crippen LogP) is 1.36. The lowest BCUT2D eigenvalue weighted by Crippen LogP contribution is -2.50. The second-order valence-electron chi connectivity index (χ2n) is 5.07. The third-order valence-corrected chi connectivity index (χ3v) is 3.52. The van der Waals surface area contributed by atoms with Crippen molar-refractivity contribution in [3.8, 4) is 0 Å². The molecule has 0 unspecified atom stereocenters. The monoisotopic (exact) mass is 296 g/mol. The average Bonchev–Trinajstić information content (AvgIpc) is 2.83. The van der Waals surface area contributed by atoms with Crippen LogP contribution in [0, 0.1) is 0 Å². The van der Waals surface area contributed by atoms with Crippen molar-refractivity contribution in [3.63, 3.8) is 0 Å². The van der Waals surface area contributed by atoms with Crippen molar-refractivity contribution in [3.05, 3.63) is 34.9 Å². The predicted molar refractivity (Wildman–Crippen MR) is 75.8 cm³/mol. The fraction of sp³-hybridized carbons (Fsp3) is 0.429. The van der Waals surface area contributed by atoms with E-state index in [0.717, 1.165) is 6.42 Å². The second-order valence-corrected chi connectivity index (χ2v) is 5.48. The molecule has 0 radical (unpaired) electrons. The Kier molecular flexibility index (Phi) is 4.62. The van der Waals surface area contributed by atoms with Crippen molar-refractivity contribution in [1.29, 1.82) is 0 Å². The molecule has 2 amide bonds. The topological polar surface area (TPSA) is 67.4 Å². The van der Waals surface area contributed by atoms with E-state index in [0.29, 0.717) is 23.8 Å². The molecular weight excluding hydrogens is 280 g/mol. The zero-order chi connectivity index (χ0) is 14.6. The van der Waals surface area contributed by atoms with Crippen LogP contribution >= 0.6 is 11.6 Å². The summed E-state index contributed by atoms with van der Waals surface area (Å²) in [5.74, 6) is -0.600. The van der Waals surface area contributed by atoms with Gasteiger partial charge in [-0.1, -0.05) is 23.7 Å². The largest absolute Gasteiger partial charge is 0.379 e. The summed E-state index contributed by atoms with van der Waals surface area (Å²) in [5, 5.41) is 5.78. The van der Waals surface area contributed by atoms with E-state index in [1.54, 1.807) is 24.3 Å². The molecule has 0 bridgehead atoms. The molecule has 0 aromatic heterocycles. The zero-order valence-electron chi connectivity index (χ0n) is 11.2. The van der Waals surface area contributed by atoms with E-state index in [-0.39, 0.29) is 23.9 Å². The van der Waals surface area contributed by atoms with Crippen molar-refractivity contribution < 1.29 is 14.3 Å². The van der Waals surface area contributed by atoms with Gasteiger partial charge in [0, 0.05) is 6.61 Å². The Morgan fingerprint density at radius 3 is 2.80 bits per heavy atom. The molecule has 0 spiro atoms. The molecule has 1 fully saturated rings. The number of rotatable bonds is 4. The van der Waals surface area contributed by atoms with Gasteiger partial charge in [0.1, 0.15) is 0 Å². The van der Waals surface area contributed by atoms with Crippen molar-refractivity contribution >= 4 is 23.4 Å². The van der Waals surface area contributed by atoms with Crippen LogP contribution in [0.15, 0.2) is 24.3 Å². The molecule has 0 saturated carbocycles. The van der Waals surface area contributed by atoms with E-state index in [1.807, 2.05) is 6.92 Å². The maximum absolute atomic E-state index is 11.9. The Bertz CT molecular complexity index is 513. The first kappa shape index (κ1) is 14.8. The average molecular weight is 297 g/mol. The van der Waals surface area contributed by atoms with Crippen LogP contribution < -0.4 is 10.6 Å². The Morgan fingerprint density at radius 1 is 1.40 bits per heavy atom. The van der Waals surface area contributed by atoms with E-state index < -0.39 is 0 Å². The molecule has 1 aromatic carbocycles. The van der Waals surface area contributed by atoms with Crippen LogP contribution in [0.5, 0.6) is 0 Å². The van der Waals surface area contributed by atoms with Gasteiger partial charge in [0.25, 0.3) is 5.91 Å². The van der Waals surface area contributed by atoms with Crippen molar-refractivity contribution in [2.75, 3.05) is 19.8 Å². The van der Waals surface area contributed by atoms with Gasteiger partial charge in [0.05, 0.1) is 29.3 Å². The van der Waals surface area contributed by atoms with Crippen LogP contribution in [0.2, 0.25) is 5.02 Å². The van der Waals surface area contributed by atoms with Crippen LogP contribution in [-0.2, 0) is 9.53 Å². The molecule has 108 valence electrons. The molecule has 5 nitrogen and oxygen atoms in total. The Morgan fingerprint density at radius 2 is 2.15 bits per heavy atom. The quantitative estimate of drug-likeness (QED) is 0.882. The van der Waals surface area contributed by atoms with Gasteiger partial charge < -0.3 is 15.4 Å². The maximum atomic E-state index is 11.9. The Labute approximate surface area is 122 Å². The summed E-state index contributed by atoms with van der Waals surface area (Å²) in [6, 6.07) is 6.71. The smallest absolute Gasteiger partial charge is 0.253 e. The molecule has 2 rings (SSSR count). The minimum Gasteiger partial charge on any atom is -0.379 e. The van der Waals surface area contributed by atoms with E-state index in [1.165, 1.54) is 0 Å². The summed E-state index contributed by atoms with van der Waals surface area (Å²) in [6.07, 6.45) is 0.775. The lowest BCUT2D eigenvalue weighted by molar-refractivity contribution is -0.121. The molecule has 6 heteroatoms. The minimum absolute atomic E-state index is 0.0837. The van der Waals surface area contributed by atoms with E-state index in [9.17, 15) is 9.59 Å². The van der Waals surface area contributed by atoms with Gasteiger partial charge >= 0.3 is 0 Å². The van der Waals surface area contributed by atoms with Crippen molar-refractivity contribution in [2.24, 2.45) is 0 Å². The number of hydrogen-bond donors (Lipinski definition) is 2. The van der Waals surface area contributed by atoms with Crippen molar-refractivity contribution in [1.82, 2.24) is 10.6 Å². The number of halogens is 1. The first-order chi connectivity index (χ1) is 9.50. The minimum atomic E-state index is -0.362. The molecule has 1 saturated heterocycles. The first-order valence-electron chi connectivity index (χ1n) is 6.42. The first-order valence-corrected chi connectivity index (χ1v) is 6.79. The van der Waals surface area contributed by atoms with E-state index in [4.69, 9.17) is 16.3 Å². The normalized spacial score (nSPS) is 21.5. The molecule has 1 atom stereocenters. The fourth-order valence-electron chi connectivity index (χ4n) is 2.05. The molecule has 0 aliphatic carbocycles. The number of carbonyl (C=O) groups excluding carboxylic acids is 2. The number of benzene rings is 1. The van der Waals surface area contributed by atoms with Crippen LogP contribution in [-0.4, -0.2) is 37.1 Å². The van der Waals surface area contributed by atoms with Gasteiger partial charge in [-0.05, 0) is 25.5 Å². The van der Waals surface area contributed by atoms with Gasteiger partial charge in [-0.2, -0.15) is 0 Å². The summed E-state index contributed by atoms with van der Waals surface area (Å²) in [6.45, 7) is 2.98. The molecule has 1 aromatic rings. The van der Waals surface area contributed by atoms with E-state index in [2.05, 4.69) is 10.6 Å². The highest BCUT2D eigenvalue weighted by Gasteiger charge is 2.31. The van der Waals surface area contributed by atoms with Gasteiger partial charge in [0.2, 0.25) is 5.91 Å². The number of nitrogens with one attached hydrogen (secondary N) is 2. The maximum Gasteiger partial charge on any atom is 0.253 e. The molecule has 1 heterocycles. The summed E-state index contributed by atoms with van der Waals surface area (Å²) in [7, 11) is 0. The number of ether oxygens (including phenoxy) is 1. The molecule has 2 N–H and O–H groups in total. The van der Waals surface area contributed by atoms with E-state index >= 15 is 0 Å². The Balaban J connectivity index is 1.84. The number of amides is 2. The summed E-state index contributed by atoms with van der Waals surface area (Å²) in [5.41, 5.74) is 0.0176. The highest BCUT2D eigenvalue weighted by Crippen LogP contribution is 2.17. The molecule has 1 aliphatic rings. The lowest BCUT2D eigenvalue weighted by atomic mass is 10.0. The summed E-state index contributed by atoms with van der Waals surface area (Å²) in [4.78, 5) is 23.7. The Hall–Kier alpha value is -1.59. The molecular formula is C14H17ClN2O3. The van der Waals surface area contributed by atoms with Crippen LogP contribution in [0.25, 0.3) is 0 Å². The standard InChI is InChI=1S/C14H17ClN2O3/c1-14(6-7-20-9-14)17-12(18)8-16-13(19)10-4-2-3-5-11(10)15/h2-5H,6-9H2,1H3,(H,16,19)(H,17,18)/t14-/m0/s1. The highest BCUT2D eigenvalue weighted by molar-refractivity contribution is 6.33. The molecule has 1 aliphatic heterocycles. The van der Waals surface area contributed by atoms with Gasteiger partial charge in [0.15, 0.2) is 0 Å². The number of hydrogen-bond acceptors (Lipinski definition) is 3. The van der Waals surface area contributed by atoms with Gasteiger partial charge in [-0.25, -0.2) is 0 Å². The summed E-state index contributed by atoms with van der Waals surface area (Å²) < 4.78 is 5.25. The highest BCUT2D eigenvalue weighted by atomic mass is 35.5. The third kappa shape index (κ3) is 3.71. The number of carbonyl (C=O) groups is 2. The third-order valence-electron chi connectivity index (χ3n) is 3.19. The van der Waals surface area contributed by atoms with Crippen molar-refractivity contribution in [2.45, 2.75) is 18.9 Å². The second kappa shape index (κ2) is 6.24. The zero-order valence-corrected chi connectivity index (χ0v) is 12.0. The van der Waals surface area contributed by atoms with Gasteiger partial charge in [-0.15, -0.1) is 0 Å². The summed E-state index contributed by atoms with van der Waals surface area (Å²) >= 11 is 5.92. The van der Waals surface area contributed by atoms with Crippen LogP contribution in [0.1, 0.15) is 23.7 Å². The lowest BCUT2D eigenvalue weighted by Gasteiger charge is -2.23. The van der Waals surface area contributed by atoms with Gasteiger partial charge in [-0.3, -0.25) is 9.59 Å². The SMILES string of the molecule is C[C@]1(NC(=O)CNC(=O)c2ccccc2Cl)CCOC1. The van der Waals surface area contributed by atoms with Crippen LogP contribution in [0.4, 0.5) is 0 Å². The fourth-order valence-corrected chi connectivity index (χ4v) is 2.27. The van der Waals surface area contributed by atoms with Crippen LogP contribution in [0.3, 0.4) is 0 Å².